The van der Waals surface area contributed by atoms with E-state index in [4.69, 9.17) is 9.47 Å². The second-order valence-electron chi connectivity index (χ2n) is 6.13. The van der Waals surface area contributed by atoms with Crippen LogP contribution >= 0.6 is 0 Å². The summed E-state index contributed by atoms with van der Waals surface area (Å²) in [5, 5.41) is 10.6. The van der Waals surface area contributed by atoms with Crippen molar-refractivity contribution < 1.29 is 19.4 Å². The lowest BCUT2D eigenvalue weighted by molar-refractivity contribution is 0.0680. The zero-order valence-corrected chi connectivity index (χ0v) is 14.9. The molecule has 1 N–H and O–H groups in total. The highest BCUT2D eigenvalue weighted by Gasteiger charge is 2.23. The number of aryl methyl sites for hydroxylation is 1. The zero-order valence-electron chi connectivity index (χ0n) is 14.9. The van der Waals surface area contributed by atoms with E-state index >= 15 is 0 Å². The van der Waals surface area contributed by atoms with Crippen molar-refractivity contribution >= 4 is 16.9 Å². The Balaban J connectivity index is 1.95. The normalized spacial score (nSPS) is 11.0. The standard InChI is InChI=1S/C21H23NO4/c1-25-14-8-7-13-22-18-12-6-5-11-17(18)20(19(22)21(23)24)26-15-16-9-3-2-4-10-16/h2-6,9-12H,7-8,13-15H2,1H3,(H,23,24). The van der Waals surface area contributed by atoms with Gasteiger partial charge in [-0.05, 0) is 30.5 Å². The number of carboxylic acid groups (broad SMARTS) is 1. The first-order valence-electron chi connectivity index (χ1n) is 8.72. The average molecular weight is 353 g/mol. The number of unbranched alkanes of at least 4 members (excludes halogenated alkanes) is 1. The third-order valence-electron chi connectivity index (χ3n) is 4.33. The fourth-order valence-corrected chi connectivity index (χ4v) is 3.11. The highest BCUT2D eigenvalue weighted by atomic mass is 16.5. The van der Waals surface area contributed by atoms with Gasteiger partial charge in [0.1, 0.15) is 6.61 Å². The molecule has 3 aromatic rings. The van der Waals surface area contributed by atoms with E-state index < -0.39 is 5.97 Å². The van der Waals surface area contributed by atoms with Gasteiger partial charge >= 0.3 is 5.97 Å². The predicted octanol–water partition coefficient (Wildman–Crippen LogP) is 4.35. The fraction of sp³-hybridized carbons (Fsp3) is 0.286. The molecule has 0 saturated carbocycles. The smallest absolute Gasteiger partial charge is 0.356 e. The number of carboxylic acids is 1. The van der Waals surface area contributed by atoms with Crippen molar-refractivity contribution in [2.24, 2.45) is 0 Å². The molecule has 0 aliphatic carbocycles. The van der Waals surface area contributed by atoms with Crippen LogP contribution in [0.25, 0.3) is 10.9 Å². The van der Waals surface area contributed by atoms with Crippen LogP contribution in [0.15, 0.2) is 54.6 Å². The van der Waals surface area contributed by atoms with Crippen LogP contribution in [0.4, 0.5) is 0 Å². The van der Waals surface area contributed by atoms with Crippen molar-refractivity contribution in [3.8, 4) is 5.75 Å². The van der Waals surface area contributed by atoms with Crippen molar-refractivity contribution in [3.63, 3.8) is 0 Å². The Labute approximate surface area is 152 Å². The molecule has 0 spiro atoms. The van der Waals surface area contributed by atoms with Crippen molar-refractivity contribution in [3.05, 3.63) is 65.9 Å². The van der Waals surface area contributed by atoms with Crippen LogP contribution in [0.2, 0.25) is 0 Å². The first-order chi connectivity index (χ1) is 12.7. The summed E-state index contributed by atoms with van der Waals surface area (Å²) in [6.07, 6.45) is 1.72. The second kappa shape index (κ2) is 8.54. The van der Waals surface area contributed by atoms with Gasteiger partial charge in [0.15, 0.2) is 11.4 Å². The van der Waals surface area contributed by atoms with E-state index in [0.29, 0.717) is 25.5 Å². The summed E-state index contributed by atoms with van der Waals surface area (Å²) in [6, 6.07) is 17.4. The summed E-state index contributed by atoms with van der Waals surface area (Å²) in [6.45, 7) is 1.61. The summed E-state index contributed by atoms with van der Waals surface area (Å²) in [5.74, 6) is -0.542. The fourth-order valence-electron chi connectivity index (χ4n) is 3.11. The van der Waals surface area contributed by atoms with E-state index in [9.17, 15) is 9.90 Å². The lowest BCUT2D eigenvalue weighted by Gasteiger charge is -2.10. The minimum atomic E-state index is -0.976. The number of aromatic carboxylic acids is 1. The molecule has 0 bridgehead atoms. The molecule has 0 aliphatic rings. The predicted molar refractivity (Wildman–Crippen MR) is 101 cm³/mol. The number of benzene rings is 2. The van der Waals surface area contributed by atoms with Crippen LogP contribution in [-0.4, -0.2) is 29.4 Å². The van der Waals surface area contributed by atoms with Gasteiger partial charge in [-0.1, -0.05) is 42.5 Å². The van der Waals surface area contributed by atoms with Crippen LogP contribution in [0.5, 0.6) is 5.75 Å². The molecule has 0 atom stereocenters. The Hall–Kier alpha value is -2.79. The maximum Gasteiger partial charge on any atom is 0.356 e. The number of fused-ring (bicyclic) bond motifs is 1. The summed E-state index contributed by atoms with van der Waals surface area (Å²) in [5.41, 5.74) is 2.09. The molecule has 0 unspecified atom stereocenters. The number of carbonyl (C=O) groups is 1. The van der Waals surface area contributed by atoms with Crippen molar-refractivity contribution in [1.82, 2.24) is 4.57 Å². The number of aromatic nitrogens is 1. The molecule has 0 fully saturated rings. The Kier molecular flexibility index (Phi) is 5.92. The molecule has 0 aliphatic heterocycles. The maximum atomic E-state index is 12.0. The second-order valence-corrected chi connectivity index (χ2v) is 6.13. The molecule has 3 rings (SSSR count). The lowest BCUT2D eigenvalue weighted by Crippen LogP contribution is -2.11. The number of hydrogen-bond donors (Lipinski definition) is 1. The highest BCUT2D eigenvalue weighted by Crippen LogP contribution is 2.34. The van der Waals surface area contributed by atoms with Crippen LogP contribution in [0, 0.1) is 0 Å². The molecule has 5 nitrogen and oxygen atoms in total. The van der Waals surface area contributed by atoms with Gasteiger partial charge in [0.2, 0.25) is 0 Å². The molecule has 0 saturated heterocycles. The highest BCUT2D eigenvalue weighted by molar-refractivity contribution is 6.01. The zero-order chi connectivity index (χ0) is 18.4. The monoisotopic (exact) mass is 353 g/mol. The average Bonchev–Trinajstić information content (AvgIpc) is 2.98. The minimum absolute atomic E-state index is 0.208. The van der Waals surface area contributed by atoms with E-state index in [-0.39, 0.29) is 5.69 Å². The molecule has 2 aromatic carbocycles. The molecule has 136 valence electrons. The minimum Gasteiger partial charge on any atom is -0.486 e. The van der Waals surface area contributed by atoms with E-state index in [1.165, 1.54) is 0 Å². The Morgan fingerprint density at radius 2 is 1.77 bits per heavy atom. The van der Waals surface area contributed by atoms with Gasteiger partial charge in [0, 0.05) is 25.6 Å². The van der Waals surface area contributed by atoms with Crippen molar-refractivity contribution in [2.45, 2.75) is 26.0 Å². The van der Waals surface area contributed by atoms with E-state index in [2.05, 4.69) is 0 Å². The summed E-state index contributed by atoms with van der Waals surface area (Å²) < 4.78 is 12.9. The number of nitrogens with zero attached hydrogens (tertiary/aromatic N) is 1. The number of methoxy groups -OCH3 is 1. The SMILES string of the molecule is COCCCCn1c(C(=O)O)c(OCc2ccccc2)c2ccccc21. The number of para-hydroxylation sites is 1. The molecule has 26 heavy (non-hydrogen) atoms. The van der Waals surface area contributed by atoms with Gasteiger partial charge in [-0.3, -0.25) is 0 Å². The lowest BCUT2D eigenvalue weighted by atomic mass is 10.2. The summed E-state index contributed by atoms with van der Waals surface area (Å²) >= 11 is 0. The molecular formula is C21H23NO4. The van der Waals surface area contributed by atoms with E-state index in [0.717, 1.165) is 29.3 Å². The third-order valence-corrected chi connectivity index (χ3v) is 4.33. The van der Waals surface area contributed by atoms with E-state index in [1.807, 2.05) is 59.2 Å². The number of rotatable bonds is 9. The quantitative estimate of drug-likeness (QED) is 0.581. The topological polar surface area (TPSA) is 60.7 Å². The largest absolute Gasteiger partial charge is 0.486 e. The van der Waals surface area contributed by atoms with Crippen LogP contribution in [0.3, 0.4) is 0 Å². The van der Waals surface area contributed by atoms with Gasteiger partial charge in [-0.25, -0.2) is 4.79 Å². The van der Waals surface area contributed by atoms with Gasteiger partial charge in [0.05, 0.1) is 5.52 Å². The van der Waals surface area contributed by atoms with Gasteiger partial charge < -0.3 is 19.1 Å². The first-order valence-corrected chi connectivity index (χ1v) is 8.72. The summed E-state index contributed by atoms with van der Waals surface area (Å²) in [7, 11) is 1.67. The molecule has 1 heterocycles. The van der Waals surface area contributed by atoms with Gasteiger partial charge in [0.25, 0.3) is 0 Å². The van der Waals surface area contributed by atoms with Crippen LogP contribution in [0.1, 0.15) is 28.9 Å². The van der Waals surface area contributed by atoms with Gasteiger partial charge in [-0.15, -0.1) is 0 Å². The number of hydrogen-bond acceptors (Lipinski definition) is 3. The van der Waals surface area contributed by atoms with Crippen molar-refractivity contribution in [1.29, 1.82) is 0 Å². The molecule has 0 amide bonds. The van der Waals surface area contributed by atoms with Crippen LogP contribution < -0.4 is 4.74 Å². The molecule has 0 radical (unpaired) electrons. The molecular weight excluding hydrogens is 330 g/mol. The van der Waals surface area contributed by atoms with Gasteiger partial charge in [-0.2, -0.15) is 0 Å². The Morgan fingerprint density at radius 3 is 2.50 bits per heavy atom. The van der Waals surface area contributed by atoms with Crippen LogP contribution in [-0.2, 0) is 17.9 Å². The molecule has 1 aromatic heterocycles. The maximum absolute atomic E-state index is 12.0. The van der Waals surface area contributed by atoms with E-state index in [1.54, 1.807) is 7.11 Å². The van der Waals surface area contributed by atoms with Crippen molar-refractivity contribution in [2.75, 3.05) is 13.7 Å². The Bertz CT molecular complexity index is 870. The summed E-state index contributed by atoms with van der Waals surface area (Å²) in [4.78, 5) is 12.0. The Morgan fingerprint density at radius 1 is 1.04 bits per heavy atom. The molecule has 5 heteroatoms. The number of ether oxygens (including phenoxy) is 2. The first kappa shape index (κ1) is 18.0. The third kappa shape index (κ3) is 3.89.